The summed E-state index contributed by atoms with van der Waals surface area (Å²) in [7, 11) is 0. The van der Waals surface area contributed by atoms with Crippen LogP contribution in [0.15, 0.2) is 46.9 Å². The van der Waals surface area contributed by atoms with Gasteiger partial charge in [-0.15, -0.1) is 0 Å². The quantitative estimate of drug-likeness (QED) is 0.593. The number of carbonyl (C=O) groups is 2. The van der Waals surface area contributed by atoms with Gasteiger partial charge in [0, 0.05) is 22.1 Å². The number of hydrogen-bond acceptors (Lipinski definition) is 3. The number of rotatable bonds is 8. The van der Waals surface area contributed by atoms with Crippen molar-refractivity contribution in [1.82, 2.24) is 10.2 Å². The van der Waals surface area contributed by atoms with Gasteiger partial charge < -0.3 is 15.0 Å². The summed E-state index contributed by atoms with van der Waals surface area (Å²) in [6.45, 7) is 7.45. The predicted octanol–water partition coefficient (Wildman–Crippen LogP) is 4.73. The van der Waals surface area contributed by atoms with Gasteiger partial charge >= 0.3 is 0 Å². The highest BCUT2D eigenvalue weighted by molar-refractivity contribution is 9.10. The normalized spacial score (nSPS) is 11.8. The molecule has 156 valence electrons. The van der Waals surface area contributed by atoms with Crippen molar-refractivity contribution in [3.05, 3.63) is 63.1 Å². The minimum atomic E-state index is -0.670. The van der Waals surface area contributed by atoms with E-state index in [0.29, 0.717) is 10.8 Å². The van der Waals surface area contributed by atoms with E-state index in [1.807, 2.05) is 51.1 Å². The van der Waals surface area contributed by atoms with E-state index in [-0.39, 0.29) is 31.0 Å². The molecule has 0 bridgehead atoms. The summed E-state index contributed by atoms with van der Waals surface area (Å²) in [5, 5.41) is 3.40. The fraction of sp³-hybridized carbons (Fsp3) is 0.364. The van der Waals surface area contributed by atoms with Crippen LogP contribution in [0, 0.1) is 6.92 Å². The predicted molar refractivity (Wildman–Crippen MR) is 119 cm³/mol. The van der Waals surface area contributed by atoms with E-state index in [9.17, 15) is 9.59 Å². The van der Waals surface area contributed by atoms with Crippen LogP contribution >= 0.6 is 27.5 Å². The number of carbonyl (C=O) groups excluding carboxylic acids is 2. The second-order valence-corrected chi connectivity index (χ2v) is 8.41. The van der Waals surface area contributed by atoms with Gasteiger partial charge in [0.2, 0.25) is 5.91 Å². The first-order chi connectivity index (χ1) is 13.7. The standard InChI is InChI=1S/C22H26BrClN2O3/c1-14(2)25-22(28)16(4)26(12-17-7-5-6-8-20(17)24)21(27)13-29-18-9-10-19(23)15(3)11-18/h5-11,14,16H,12-13H2,1-4H3,(H,25,28). The summed E-state index contributed by atoms with van der Waals surface area (Å²) in [5.74, 6) is 0.0767. The van der Waals surface area contributed by atoms with Crippen LogP contribution in [0.3, 0.4) is 0 Å². The molecule has 5 nitrogen and oxygen atoms in total. The van der Waals surface area contributed by atoms with Crippen molar-refractivity contribution < 1.29 is 14.3 Å². The van der Waals surface area contributed by atoms with Crippen LogP contribution in [0.25, 0.3) is 0 Å². The zero-order valence-corrected chi connectivity index (χ0v) is 19.4. The Balaban J connectivity index is 2.18. The molecule has 7 heteroatoms. The number of amides is 2. The second-order valence-electron chi connectivity index (χ2n) is 7.15. The maximum Gasteiger partial charge on any atom is 0.261 e. The van der Waals surface area contributed by atoms with Crippen molar-refractivity contribution in [3.63, 3.8) is 0 Å². The Hall–Kier alpha value is -2.05. The number of aryl methyl sites for hydroxylation is 1. The van der Waals surface area contributed by atoms with Crippen LogP contribution < -0.4 is 10.1 Å². The molecule has 0 spiro atoms. The third kappa shape index (κ3) is 6.75. The van der Waals surface area contributed by atoms with Gasteiger partial charge in [0.1, 0.15) is 11.8 Å². The number of benzene rings is 2. The average Bonchev–Trinajstić information content (AvgIpc) is 2.67. The van der Waals surface area contributed by atoms with Crippen molar-refractivity contribution >= 4 is 39.3 Å². The van der Waals surface area contributed by atoms with Crippen molar-refractivity contribution in [1.29, 1.82) is 0 Å². The van der Waals surface area contributed by atoms with Gasteiger partial charge in [0.15, 0.2) is 6.61 Å². The minimum Gasteiger partial charge on any atom is -0.484 e. The molecule has 1 unspecified atom stereocenters. The lowest BCUT2D eigenvalue weighted by Gasteiger charge is -2.29. The van der Waals surface area contributed by atoms with E-state index in [0.717, 1.165) is 15.6 Å². The smallest absolute Gasteiger partial charge is 0.261 e. The molecular weight excluding hydrogens is 456 g/mol. The molecule has 0 radical (unpaired) electrons. The SMILES string of the molecule is Cc1cc(OCC(=O)N(Cc2ccccc2Cl)C(C)C(=O)NC(C)C)ccc1Br. The highest BCUT2D eigenvalue weighted by Crippen LogP contribution is 2.22. The molecule has 1 atom stereocenters. The van der Waals surface area contributed by atoms with Crippen LogP contribution in [-0.2, 0) is 16.1 Å². The lowest BCUT2D eigenvalue weighted by molar-refractivity contribution is -0.142. The third-order valence-electron chi connectivity index (χ3n) is 4.39. The average molecular weight is 482 g/mol. The number of ether oxygens (including phenoxy) is 1. The first kappa shape index (κ1) is 23.2. The van der Waals surface area contributed by atoms with Crippen LogP contribution in [0.2, 0.25) is 5.02 Å². The highest BCUT2D eigenvalue weighted by atomic mass is 79.9. The van der Waals surface area contributed by atoms with Gasteiger partial charge in [0.05, 0.1) is 0 Å². The van der Waals surface area contributed by atoms with Crippen molar-refractivity contribution in [2.24, 2.45) is 0 Å². The lowest BCUT2D eigenvalue weighted by Crippen LogP contribution is -2.50. The third-order valence-corrected chi connectivity index (χ3v) is 5.65. The van der Waals surface area contributed by atoms with E-state index in [2.05, 4.69) is 21.2 Å². The fourth-order valence-corrected chi connectivity index (χ4v) is 3.17. The van der Waals surface area contributed by atoms with Gasteiger partial charge in [0.25, 0.3) is 5.91 Å². The Morgan fingerprint density at radius 3 is 2.48 bits per heavy atom. The molecule has 2 aromatic rings. The number of halogens is 2. The molecule has 0 aliphatic heterocycles. The first-order valence-corrected chi connectivity index (χ1v) is 10.6. The molecule has 1 N–H and O–H groups in total. The van der Waals surface area contributed by atoms with E-state index in [4.69, 9.17) is 16.3 Å². The van der Waals surface area contributed by atoms with E-state index < -0.39 is 6.04 Å². The minimum absolute atomic E-state index is 0.0239. The molecule has 0 heterocycles. The Labute approximate surface area is 185 Å². The lowest BCUT2D eigenvalue weighted by atomic mass is 10.1. The largest absolute Gasteiger partial charge is 0.484 e. The summed E-state index contributed by atoms with van der Waals surface area (Å²) in [4.78, 5) is 27.0. The summed E-state index contributed by atoms with van der Waals surface area (Å²) in [5.41, 5.74) is 1.78. The van der Waals surface area contributed by atoms with Crippen LogP contribution in [0.4, 0.5) is 0 Å². The monoisotopic (exact) mass is 480 g/mol. The van der Waals surface area contributed by atoms with Gasteiger partial charge in [-0.2, -0.15) is 0 Å². The summed E-state index contributed by atoms with van der Waals surface area (Å²) >= 11 is 9.72. The van der Waals surface area contributed by atoms with Crippen molar-refractivity contribution in [2.75, 3.05) is 6.61 Å². The van der Waals surface area contributed by atoms with Crippen molar-refractivity contribution in [2.45, 2.75) is 46.3 Å². The molecule has 0 saturated carbocycles. The highest BCUT2D eigenvalue weighted by Gasteiger charge is 2.27. The number of nitrogens with zero attached hydrogens (tertiary/aromatic N) is 1. The zero-order chi connectivity index (χ0) is 21.6. The van der Waals surface area contributed by atoms with Crippen molar-refractivity contribution in [3.8, 4) is 5.75 Å². The molecule has 29 heavy (non-hydrogen) atoms. The van der Waals surface area contributed by atoms with E-state index in [1.165, 1.54) is 4.90 Å². The van der Waals surface area contributed by atoms with Crippen LogP contribution in [0.5, 0.6) is 5.75 Å². The fourth-order valence-electron chi connectivity index (χ4n) is 2.73. The Bertz CT molecular complexity index is 873. The summed E-state index contributed by atoms with van der Waals surface area (Å²) < 4.78 is 6.65. The van der Waals surface area contributed by atoms with Crippen LogP contribution in [0.1, 0.15) is 31.9 Å². The van der Waals surface area contributed by atoms with Gasteiger partial charge in [-0.05, 0) is 63.1 Å². The topological polar surface area (TPSA) is 58.6 Å². The molecule has 0 aliphatic carbocycles. The van der Waals surface area contributed by atoms with Crippen LogP contribution in [-0.4, -0.2) is 35.4 Å². The molecule has 0 aliphatic rings. The first-order valence-electron chi connectivity index (χ1n) is 9.41. The second kappa shape index (κ2) is 10.6. The molecule has 2 aromatic carbocycles. The summed E-state index contributed by atoms with van der Waals surface area (Å²) in [6, 6.07) is 12.1. The van der Waals surface area contributed by atoms with Gasteiger partial charge in [-0.3, -0.25) is 9.59 Å². The molecule has 0 fully saturated rings. The number of nitrogens with one attached hydrogen (secondary N) is 1. The number of hydrogen-bond donors (Lipinski definition) is 1. The zero-order valence-electron chi connectivity index (χ0n) is 17.0. The molecular formula is C22H26BrClN2O3. The van der Waals surface area contributed by atoms with E-state index in [1.54, 1.807) is 19.1 Å². The van der Waals surface area contributed by atoms with Gasteiger partial charge in [-0.1, -0.05) is 45.7 Å². The Morgan fingerprint density at radius 1 is 1.17 bits per heavy atom. The van der Waals surface area contributed by atoms with E-state index >= 15 is 0 Å². The Morgan fingerprint density at radius 2 is 1.86 bits per heavy atom. The maximum atomic E-state index is 13.0. The molecule has 2 amide bonds. The molecule has 0 saturated heterocycles. The molecule has 2 rings (SSSR count). The Kier molecular flexibility index (Phi) is 8.53. The van der Waals surface area contributed by atoms with Gasteiger partial charge in [-0.25, -0.2) is 0 Å². The summed E-state index contributed by atoms with van der Waals surface area (Å²) in [6.07, 6.45) is 0. The molecule has 0 aromatic heterocycles. The maximum absolute atomic E-state index is 13.0.